The van der Waals surface area contributed by atoms with Gasteiger partial charge in [-0.15, -0.1) is 0 Å². The van der Waals surface area contributed by atoms with E-state index >= 15 is 0 Å². The van der Waals surface area contributed by atoms with E-state index < -0.39 is 35.7 Å². The second kappa shape index (κ2) is 10.3. The second-order valence-corrected chi connectivity index (χ2v) is 11.4. The van der Waals surface area contributed by atoms with Gasteiger partial charge in [0, 0.05) is 17.8 Å². The van der Waals surface area contributed by atoms with Crippen LogP contribution in [0.2, 0.25) is 0 Å². The Bertz CT molecular complexity index is 701. The van der Waals surface area contributed by atoms with E-state index in [4.69, 9.17) is 18.9 Å². The summed E-state index contributed by atoms with van der Waals surface area (Å²) in [6, 6.07) is 0. The molecular formula is C26H46O7. The number of rotatable bonds is 8. The molecular weight excluding hydrogens is 424 g/mol. The number of aliphatic hydroxyl groups excluding tert-OH is 1. The average molecular weight is 471 g/mol. The Kier molecular flexibility index (Phi) is 8.84. The van der Waals surface area contributed by atoms with Crippen molar-refractivity contribution < 1.29 is 34.0 Å². The molecule has 2 heterocycles. The Morgan fingerprint density at radius 2 is 1.36 bits per heavy atom. The molecule has 10 atom stereocenters. The van der Waals surface area contributed by atoms with Crippen LogP contribution in [0.5, 0.6) is 0 Å². The van der Waals surface area contributed by atoms with Gasteiger partial charge < -0.3 is 29.2 Å². The van der Waals surface area contributed by atoms with Crippen LogP contribution in [0.1, 0.15) is 75.7 Å². The van der Waals surface area contributed by atoms with Crippen LogP contribution in [-0.4, -0.2) is 58.3 Å². The van der Waals surface area contributed by atoms with E-state index in [1.165, 1.54) is 0 Å². The summed E-state index contributed by atoms with van der Waals surface area (Å²) in [5.41, 5.74) is 0.956. The summed E-state index contributed by atoms with van der Waals surface area (Å²) in [6.07, 6.45) is -0.845. The van der Waals surface area contributed by atoms with Gasteiger partial charge in [0.15, 0.2) is 11.6 Å². The molecule has 0 unspecified atom stereocenters. The molecule has 0 amide bonds. The topological polar surface area (TPSA) is 94.5 Å². The first-order valence-corrected chi connectivity index (χ1v) is 12.3. The highest BCUT2D eigenvalue weighted by atomic mass is 16.7. The molecule has 7 nitrogen and oxygen atoms in total. The lowest BCUT2D eigenvalue weighted by molar-refractivity contribution is -0.334. The van der Waals surface area contributed by atoms with Crippen LogP contribution in [0.15, 0.2) is 12.2 Å². The Balaban J connectivity index is 2.19. The van der Waals surface area contributed by atoms with Gasteiger partial charge in [0.1, 0.15) is 0 Å². The fourth-order valence-electron chi connectivity index (χ4n) is 5.43. The van der Waals surface area contributed by atoms with Crippen molar-refractivity contribution in [3.8, 4) is 0 Å². The molecule has 2 aliphatic heterocycles. The average Bonchev–Trinajstić information content (AvgIpc) is 2.69. The lowest BCUT2D eigenvalue weighted by atomic mass is 9.77. The molecule has 7 heteroatoms. The second-order valence-electron chi connectivity index (χ2n) is 11.4. The van der Waals surface area contributed by atoms with E-state index in [9.17, 15) is 15.0 Å². The van der Waals surface area contributed by atoms with E-state index in [0.717, 1.165) is 5.57 Å². The molecule has 2 aliphatic rings. The van der Waals surface area contributed by atoms with Gasteiger partial charge in [0.2, 0.25) is 0 Å². The zero-order chi connectivity index (χ0) is 25.5. The number of aliphatic hydroxyl groups is 1. The maximum atomic E-state index is 11.7. The van der Waals surface area contributed by atoms with E-state index in [0.29, 0.717) is 6.42 Å². The fraction of sp³-hybridized carbons (Fsp3) is 0.885. The van der Waals surface area contributed by atoms with E-state index in [2.05, 4.69) is 20.4 Å². The van der Waals surface area contributed by atoms with Crippen LogP contribution >= 0.6 is 0 Å². The first kappa shape index (κ1) is 28.2. The van der Waals surface area contributed by atoms with Gasteiger partial charge in [0.25, 0.3) is 0 Å². The van der Waals surface area contributed by atoms with Gasteiger partial charge in [-0.05, 0) is 59.5 Å². The summed E-state index contributed by atoms with van der Waals surface area (Å²) < 4.78 is 24.8. The van der Waals surface area contributed by atoms with E-state index in [-0.39, 0.29) is 42.0 Å². The molecule has 2 fully saturated rings. The highest BCUT2D eigenvalue weighted by Gasteiger charge is 2.48. The molecule has 33 heavy (non-hydrogen) atoms. The lowest BCUT2D eigenvalue weighted by Gasteiger charge is -2.50. The van der Waals surface area contributed by atoms with E-state index in [1.807, 2.05) is 41.5 Å². The number of hydrogen-bond donors (Lipinski definition) is 2. The molecule has 0 aliphatic carbocycles. The fourth-order valence-corrected chi connectivity index (χ4v) is 5.43. The summed E-state index contributed by atoms with van der Waals surface area (Å²) in [7, 11) is 0. The normalized spacial score (nSPS) is 37.5. The largest absolute Gasteiger partial charge is 0.481 e. The monoisotopic (exact) mass is 470 g/mol. The minimum atomic E-state index is -0.872. The third-order valence-corrected chi connectivity index (χ3v) is 7.41. The van der Waals surface area contributed by atoms with Crippen molar-refractivity contribution in [3.63, 3.8) is 0 Å². The summed E-state index contributed by atoms with van der Waals surface area (Å²) in [4.78, 5) is 11.7. The van der Waals surface area contributed by atoms with Crippen LogP contribution in [0.4, 0.5) is 0 Å². The molecule has 0 saturated carbocycles. The third-order valence-electron chi connectivity index (χ3n) is 7.41. The summed E-state index contributed by atoms with van der Waals surface area (Å²) in [5.74, 6) is -3.21. The number of ether oxygens (including phenoxy) is 4. The van der Waals surface area contributed by atoms with Gasteiger partial charge in [-0.25, -0.2) is 0 Å². The quantitative estimate of drug-likeness (QED) is 0.500. The molecule has 192 valence electrons. The smallest absolute Gasteiger partial charge is 0.308 e. The molecule has 2 N–H and O–H groups in total. The number of carboxylic acids is 1. The van der Waals surface area contributed by atoms with Crippen LogP contribution in [-0.2, 0) is 23.7 Å². The SMILES string of the molecule is C=C(C[C@H](C)[C@@H]1OC(C)(C)O[C@H]([C@@H](C)C(=O)O)[C@@H]1C)[C@@H]1OC(C)(C)O[C@@H]([C@@H](C)[C@@H](C)O)[C@H]1C. The third kappa shape index (κ3) is 6.57. The minimum Gasteiger partial charge on any atom is -0.481 e. The van der Waals surface area contributed by atoms with Crippen molar-refractivity contribution in [2.24, 2.45) is 29.6 Å². The zero-order valence-corrected chi connectivity index (χ0v) is 22.1. The first-order chi connectivity index (χ1) is 15.0. The standard InChI is InChI=1S/C26H46O7/c1-13(20-16(4)22(15(3)19(7)27)32-25(8,9)30-20)12-14(2)21-17(5)23(18(6)24(28)29)33-26(10,11)31-21/h14-23,27H,1,12H2,2-11H3,(H,28,29)/t14-,15-,16-,17+,18+,19+,20-,21-,22-,23-/m0/s1. The lowest BCUT2D eigenvalue weighted by Crippen LogP contribution is -2.56. The van der Waals surface area contributed by atoms with Crippen molar-refractivity contribution in [2.45, 2.75) is 118 Å². The maximum Gasteiger partial charge on any atom is 0.308 e. The van der Waals surface area contributed by atoms with Crippen molar-refractivity contribution in [2.75, 3.05) is 0 Å². The predicted molar refractivity (Wildman–Crippen MR) is 127 cm³/mol. The molecule has 0 bridgehead atoms. The highest BCUT2D eigenvalue weighted by Crippen LogP contribution is 2.42. The highest BCUT2D eigenvalue weighted by molar-refractivity contribution is 5.70. The summed E-state index contributed by atoms with van der Waals surface area (Å²) in [5, 5.41) is 19.7. The van der Waals surface area contributed by atoms with Crippen molar-refractivity contribution in [1.29, 1.82) is 0 Å². The molecule has 2 rings (SSSR count). The first-order valence-electron chi connectivity index (χ1n) is 12.3. The zero-order valence-electron chi connectivity index (χ0n) is 22.1. The maximum absolute atomic E-state index is 11.7. The van der Waals surface area contributed by atoms with Gasteiger partial charge in [-0.1, -0.05) is 34.3 Å². The molecule has 0 spiro atoms. The van der Waals surface area contributed by atoms with Gasteiger partial charge >= 0.3 is 5.97 Å². The number of carboxylic acid groups (broad SMARTS) is 1. The molecule has 0 aromatic rings. The molecule has 0 radical (unpaired) electrons. The Morgan fingerprint density at radius 3 is 1.88 bits per heavy atom. The van der Waals surface area contributed by atoms with Gasteiger partial charge in [-0.2, -0.15) is 0 Å². The number of aliphatic carboxylic acids is 1. The molecule has 0 aromatic heterocycles. The van der Waals surface area contributed by atoms with Crippen molar-refractivity contribution in [3.05, 3.63) is 12.2 Å². The van der Waals surface area contributed by atoms with Crippen LogP contribution in [0.3, 0.4) is 0 Å². The molecule has 2 saturated heterocycles. The molecule has 0 aromatic carbocycles. The van der Waals surface area contributed by atoms with Crippen molar-refractivity contribution >= 4 is 5.97 Å². The van der Waals surface area contributed by atoms with Crippen LogP contribution in [0.25, 0.3) is 0 Å². The van der Waals surface area contributed by atoms with Gasteiger partial charge in [0.05, 0.1) is 36.4 Å². The summed E-state index contributed by atoms with van der Waals surface area (Å²) >= 11 is 0. The van der Waals surface area contributed by atoms with E-state index in [1.54, 1.807) is 13.8 Å². The Labute approximate surface area is 199 Å². The van der Waals surface area contributed by atoms with Gasteiger partial charge in [-0.3, -0.25) is 4.79 Å². The Morgan fingerprint density at radius 1 is 0.879 bits per heavy atom. The number of carbonyl (C=O) groups is 1. The van der Waals surface area contributed by atoms with Crippen LogP contribution in [0, 0.1) is 29.6 Å². The van der Waals surface area contributed by atoms with Crippen LogP contribution < -0.4 is 0 Å². The predicted octanol–water partition coefficient (Wildman–Crippen LogP) is 4.62. The number of hydrogen-bond acceptors (Lipinski definition) is 6. The Hall–Kier alpha value is -0.990. The van der Waals surface area contributed by atoms with Crippen molar-refractivity contribution in [1.82, 2.24) is 0 Å². The minimum absolute atomic E-state index is 0.0200. The summed E-state index contributed by atoms with van der Waals surface area (Å²) in [6.45, 7) is 23.5.